The van der Waals surface area contributed by atoms with E-state index in [-0.39, 0.29) is 23.4 Å². The minimum absolute atomic E-state index is 0.102. The van der Waals surface area contributed by atoms with Crippen molar-refractivity contribution in [3.8, 4) is 11.3 Å². The Morgan fingerprint density at radius 2 is 2.05 bits per heavy atom. The normalized spacial score (nSPS) is 11.6. The average molecular weight is 269 g/mol. The lowest BCUT2D eigenvalue weighted by atomic mass is 10.0. The standard InChI is InChI=1S/C12H10F3N3O/c13-12(14,15)8-3-1-2-7(4-8)10-9(5-16)11(19)18-6-17-10/h1-4,6H,5,16H2,(H,17,18,19). The Morgan fingerprint density at radius 1 is 1.32 bits per heavy atom. The van der Waals surface area contributed by atoms with Crippen LogP contribution in [0, 0.1) is 0 Å². The number of alkyl halides is 3. The van der Waals surface area contributed by atoms with Crippen molar-refractivity contribution >= 4 is 0 Å². The Labute approximate surface area is 106 Å². The van der Waals surface area contributed by atoms with Crippen LogP contribution in [0.25, 0.3) is 11.3 Å². The third-order valence-electron chi connectivity index (χ3n) is 2.62. The van der Waals surface area contributed by atoms with Gasteiger partial charge in [-0.3, -0.25) is 4.79 Å². The van der Waals surface area contributed by atoms with Crippen LogP contribution < -0.4 is 11.3 Å². The molecule has 2 aromatic rings. The maximum atomic E-state index is 12.6. The van der Waals surface area contributed by atoms with Gasteiger partial charge in [0.05, 0.1) is 23.1 Å². The molecule has 0 radical (unpaired) electrons. The number of halogens is 3. The number of hydrogen-bond donors (Lipinski definition) is 2. The highest BCUT2D eigenvalue weighted by Gasteiger charge is 2.30. The Morgan fingerprint density at radius 3 is 2.68 bits per heavy atom. The molecule has 0 aliphatic heterocycles. The molecule has 100 valence electrons. The van der Waals surface area contributed by atoms with Crippen molar-refractivity contribution in [2.75, 3.05) is 0 Å². The highest BCUT2D eigenvalue weighted by atomic mass is 19.4. The summed E-state index contributed by atoms with van der Waals surface area (Å²) in [6.07, 6.45) is -3.31. The monoisotopic (exact) mass is 269 g/mol. The average Bonchev–Trinajstić information content (AvgIpc) is 2.37. The molecule has 0 fully saturated rings. The van der Waals surface area contributed by atoms with E-state index in [1.807, 2.05) is 0 Å². The van der Waals surface area contributed by atoms with Crippen LogP contribution in [-0.4, -0.2) is 9.97 Å². The molecule has 0 saturated carbocycles. The van der Waals surface area contributed by atoms with Crippen molar-refractivity contribution in [2.24, 2.45) is 5.73 Å². The van der Waals surface area contributed by atoms with Gasteiger partial charge in [-0.05, 0) is 12.1 Å². The van der Waals surface area contributed by atoms with Gasteiger partial charge in [0.25, 0.3) is 5.56 Å². The highest BCUT2D eigenvalue weighted by Crippen LogP contribution is 2.31. The molecule has 0 unspecified atom stereocenters. The molecule has 0 aliphatic carbocycles. The van der Waals surface area contributed by atoms with Gasteiger partial charge < -0.3 is 10.7 Å². The van der Waals surface area contributed by atoms with E-state index >= 15 is 0 Å². The molecule has 19 heavy (non-hydrogen) atoms. The molecule has 2 rings (SSSR count). The van der Waals surface area contributed by atoms with E-state index in [9.17, 15) is 18.0 Å². The first-order chi connectivity index (χ1) is 8.93. The van der Waals surface area contributed by atoms with Crippen LogP contribution in [0.4, 0.5) is 13.2 Å². The minimum atomic E-state index is -4.44. The topological polar surface area (TPSA) is 71.8 Å². The lowest BCUT2D eigenvalue weighted by Gasteiger charge is -2.10. The zero-order valence-corrected chi connectivity index (χ0v) is 9.66. The SMILES string of the molecule is NCc1c(-c2cccc(C(F)(F)F)c2)nc[nH]c1=O. The van der Waals surface area contributed by atoms with Crippen molar-refractivity contribution in [2.45, 2.75) is 12.7 Å². The van der Waals surface area contributed by atoms with Crippen molar-refractivity contribution in [3.05, 3.63) is 52.1 Å². The molecule has 0 saturated heterocycles. The van der Waals surface area contributed by atoms with Gasteiger partial charge in [-0.25, -0.2) is 4.98 Å². The number of aromatic nitrogens is 2. The molecular formula is C12H10F3N3O. The molecule has 1 aromatic heterocycles. The second-order valence-electron chi connectivity index (χ2n) is 3.84. The van der Waals surface area contributed by atoms with Gasteiger partial charge in [-0.15, -0.1) is 0 Å². The minimum Gasteiger partial charge on any atom is -0.326 e. The summed E-state index contributed by atoms with van der Waals surface area (Å²) in [6.45, 7) is -0.102. The Balaban J connectivity index is 2.60. The van der Waals surface area contributed by atoms with E-state index in [0.29, 0.717) is 0 Å². The Bertz CT molecular complexity index is 649. The van der Waals surface area contributed by atoms with Crippen LogP contribution in [0.5, 0.6) is 0 Å². The van der Waals surface area contributed by atoms with Gasteiger partial charge in [0.15, 0.2) is 0 Å². The molecule has 0 atom stereocenters. The quantitative estimate of drug-likeness (QED) is 0.874. The summed E-state index contributed by atoms with van der Waals surface area (Å²) in [4.78, 5) is 17.8. The number of nitrogens with one attached hydrogen (secondary N) is 1. The summed E-state index contributed by atoms with van der Waals surface area (Å²) >= 11 is 0. The van der Waals surface area contributed by atoms with E-state index in [1.165, 1.54) is 12.1 Å². The number of aromatic amines is 1. The summed E-state index contributed by atoms with van der Waals surface area (Å²) < 4.78 is 37.9. The first kappa shape index (κ1) is 13.3. The summed E-state index contributed by atoms with van der Waals surface area (Å²) in [5.74, 6) is 0. The molecule has 4 nitrogen and oxygen atoms in total. The van der Waals surface area contributed by atoms with Crippen LogP contribution in [0.1, 0.15) is 11.1 Å². The zero-order chi connectivity index (χ0) is 14.0. The molecular weight excluding hydrogens is 259 g/mol. The van der Waals surface area contributed by atoms with Gasteiger partial charge in [0, 0.05) is 12.1 Å². The Kier molecular flexibility index (Phi) is 3.39. The fourth-order valence-corrected chi connectivity index (χ4v) is 1.71. The van der Waals surface area contributed by atoms with Crippen molar-refractivity contribution in [1.29, 1.82) is 0 Å². The van der Waals surface area contributed by atoms with Crippen LogP contribution in [-0.2, 0) is 12.7 Å². The largest absolute Gasteiger partial charge is 0.416 e. The maximum Gasteiger partial charge on any atom is 0.416 e. The number of nitrogens with two attached hydrogens (primary N) is 1. The summed E-state index contributed by atoms with van der Waals surface area (Å²) in [5.41, 5.74) is 4.71. The predicted octanol–water partition coefficient (Wildman–Crippen LogP) is 1.91. The molecule has 1 aromatic carbocycles. The van der Waals surface area contributed by atoms with E-state index in [2.05, 4.69) is 9.97 Å². The molecule has 0 spiro atoms. The fourth-order valence-electron chi connectivity index (χ4n) is 1.71. The van der Waals surface area contributed by atoms with E-state index in [4.69, 9.17) is 5.73 Å². The predicted molar refractivity (Wildman–Crippen MR) is 63.2 cm³/mol. The van der Waals surface area contributed by atoms with Crippen LogP contribution in [0.2, 0.25) is 0 Å². The van der Waals surface area contributed by atoms with Crippen LogP contribution in [0.15, 0.2) is 35.4 Å². The summed E-state index contributed by atoms with van der Waals surface area (Å²) in [6, 6.07) is 4.62. The third-order valence-corrected chi connectivity index (χ3v) is 2.62. The molecule has 1 heterocycles. The number of H-pyrrole nitrogens is 1. The summed E-state index contributed by atoms with van der Waals surface area (Å²) in [5, 5.41) is 0. The lowest BCUT2D eigenvalue weighted by molar-refractivity contribution is -0.137. The first-order valence-corrected chi connectivity index (χ1v) is 5.37. The maximum absolute atomic E-state index is 12.6. The van der Waals surface area contributed by atoms with Crippen molar-refractivity contribution in [3.63, 3.8) is 0 Å². The Hall–Kier alpha value is -2.15. The van der Waals surface area contributed by atoms with Gasteiger partial charge in [-0.2, -0.15) is 13.2 Å². The molecule has 3 N–H and O–H groups in total. The summed E-state index contributed by atoms with van der Waals surface area (Å²) in [7, 11) is 0. The number of hydrogen-bond acceptors (Lipinski definition) is 3. The van der Waals surface area contributed by atoms with E-state index in [1.54, 1.807) is 0 Å². The molecule has 7 heteroatoms. The third kappa shape index (κ3) is 2.65. The van der Waals surface area contributed by atoms with Gasteiger partial charge >= 0.3 is 6.18 Å². The molecule has 0 aliphatic rings. The second kappa shape index (κ2) is 4.85. The highest BCUT2D eigenvalue weighted by molar-refractivity contribution is 5.63. The van der Waals surface area contributed by atoms with Crippen molar-refractivity contribution < 1.29 is 13.2 Å². The van der Waals surface area contributed by atoms with Gasteiger partial charge in [-0.1, -0.05) is 12.1 Å². The second-order valence-corrected chi connectivity index (χ2v) is 3.84. The molecule has 0 bridgehead atoms. The fraction of sp³-hybridized carbons (Fsp3) is 0.167. The van der Waals surface area contributed by atoms with Crippen LogP contribution >= 0.6 is 0 Å². The van der Waals surface area contributed by atoms with Gasteiger partial charge in [0.2, 0.25) is 0 Å². The first-order valence-electron chi connectivity index (χ1n) is 5.37. The number of nitrogens with zero attached hydrogens (tertiary/aromatic N) is 1. The molecule has 0 amide bonds. The number of rotatable bonds is 2. The van der Waals surface area contributed by atoms with E-state index in [0.717, 1.165) is 18.5 Å². The zero-order valence-electron chi connectivity index (χ0n) is 9.66. The number of benzene rings is 1. The van der Waals surface area contributed by atoms with Gasteiger partial charge in [0.1, 0.15) is 0 Å². The van der Waals surface area contributed by atoms with E-state index < -0.39 is 17.3 Å². The van der Waals surface area contributed by atoms with Crippen LogP contribution in [0.3, 0.4) is 0 Å². The van der Waals surface area contributed by atoms with Crippen molar-refractivity contribution in [1.82, 2.24) is 9.97 Å². The lowest BCUT2D eigenvalue weighted by Crippen LogP contribution is -2.18. The smallest absolute Gasteiger partial charge is 0.326 e.